The van der Waals surface area contributed by atoms with Crippen LogP contribution >= 0.6 is 11.9 Å². The molecule has 8 heteroatoms. The summed E-state index contributed by atoms with van der Waals surface area (Å²) in [4.78, 5) is 24.4. The molecule has 1 fully saturated rings. The van der Waals surface area contributed by atoms with E-state index >= 15 is 0 Å². The van der Waals surface area contributed by atoms with Crippen molar-refractivity contribution in [3.63, 3.8) is 0 Å². The van der Waals surface area contributed by atoms with Gasteiger partial charge in [-0.05, 0) is 60.7 Å². The minimum Gasteiger partial charge on any atom is -0.396 e. The molecule has 1 amide bonds. The number of amides is 1. The van der Waals surface area contributed by atoms with Gasteiger partial charge >= 0.3 is 0 Å². The Bertz CT molecular complexity index is 1090. The Kier molecular flexibility index (Phi) is 8.05. The number of carbonyl (C=O) groups is 1. The topological polar surface area (TPSA) is 91.4 Å². The molecule has 34 heavy (non-hydrogen) atoms. The van der Waals surface area contributed by atoms with E-state index in [0.29, 0.717) is 30.5 Å². The van der Waals surface area contributed by atoms with Crippen LogP contribution in [0.1, 0.15) is 32.3 Å². The van der Waals surface area contributed by atoms with Crippen LogP contribution in [0, 0.1) is 5.92 Å². The highest BCUT2D eigenvalue weighted by Crippen LogP contribution is 2.35. The number of nitrogens with zero attached hydrogens (tertiary/aromatic N) is 3. The largest absolute Gasteiger partial charge is 0.396 e. The number of hydrogen-bond acceptors (Lipinski definition) is 7. The Morgan fingerprint density at radius 3 is 2.76 bits per heavy atom. The van der Waals surface area contributed by atoms with E-state index < -0.39 is 0 Å². The van der Waals surface area contributed by atoms with Gasteiger partial charge in [-0.25, -0.2) is 14.4 Å². The molecule has 7 nitrogen and oxygen atoms in total. The van der Waals surface area contributed by atoms with E-state index in [1.165, 1.54) is 5.06 Å². The highest BCUT2D eigenvalue weighted by atomic mass is 32.2. The van der Waals surface area contributed by atoms with Crippen molar-refractivity contribution in [2.24, 2.45) is 16.6 Å². The zero-order valence-electron chi connectivity index (χ0n) is 19.7. The summed E-state index contributed by atoms with van der Waals surface area (Å²) in [5, 5.41) is 10.7. The van der Waals surface area contributed by atoms with Crippen molar-refractivity contribution in [2.75, 3.05) is 32.8 Å². The number of amidine groups is 1. The van der Waals surface area contributed by atoms with Crippen LogP contribution in [0.4, 0.5) is 5.69 Å². The Morgan fingerprint density at radius 1 is 1.24 bits per heavy atom. The Morgan fingerprint density at radius 2 is 2.03 bits per heavy atom. The second-order valence-corrected chi connectivity index (χ2v) is 9.73. The van der Waals surface area contributed by atoms with Crippen LogP contribution in [0.5, 0.6) is 0 Å². The lowest BCUT2D eigenvalue weighted by molar-refractivity contribution is -0.180. The van der Waals surface area contributed by atoms with Gasteiger partial charge in [0.15, 0.2) is 0 Å². The van der Waals surface area contributed by atoms with Gasteiger partial charge < -0.3 is 10.8 Å². The van der Waals surface area contributed by atoms with E-state index in [4.69, 9.17) is 10.6 Å². The molecule has 3 N–H and O–H groups in total. The van der Waals surface area contributed by atoms with Crippen LogP contribution in [0.3, 0.4) is 0 Å². The van der Waals surface area contributed by atoms with E-state index in [1.54, 1.807) is 11.9 Å². The number of aliphatic imine (C=N–C) groups is 1. The summed E-state index contributed by atoms with van der Waals surface area (Å²) >= 11 is 1.72. The van der Waals surface area contributed by atoms with E-state index in [-0.39, 0.29) is 18.9 Å². The summed E-state index contributed by atoms with van der Waals surface area (Å²) in [6.45, 7) is 6.90. The van der Waals surface area contributed by atoms with Crippen molar-refractivity contribution in [1.82, 2.24) is 9.37 Å². The fraction of sp³-hybridized carbons (Fsp3) is 0.385. The maximum absolute atomic E-state index is 13.1. The van der Waals surface area contributed by atoms with Gasteiger partial charge in [0, 0.05) is 54.6 Å². The van der Waals surface area contributed by atoms with Gasteiger partial charge in [-0.1, -0.05) is 31.2 Å². The molecule has 0 radical (unpaired) electrons. The van der Waals surface area contributed by atoms with E-state index in [9.17, 15) is 9.90 Å². The smallest absolute Gasteiger partial charge is 0.273 e. The number of carbonyl (C=O) groups excluding carboxylic acids is 1. The molecule has 2 aromatic carbocycles. The molecule has 2 aliphatic rings. The monoisotopic (exact) mass is 480 g/mol. The van der Waals surface area contributed by atoms with Crippen LogP contribution in [0.15, 0.2) is 57.9 Å². The molecule has 2 aromatic rings. The molecule has 0 saturated carbocycles. The normalized spacial score (nSPS) is 16.2. The number of hydrogen-bond donors (Lipinski definition) is 2. The third-order valence-electron chi connectivity index (χ3n) is 5.79. The summed E-state index contributed by atoms with van der Waals surface area (Å²) in [6.07, 6.45) is 2.97. The molecular formula is C26H32N4O3S. The first kappa shape index (κ1) is 24.5. The molecule has 0 bridgehead atoms. The highest BCUT2D eigenvalue weighted by Gasteiger charge is 2.26. The minimum absolute atomic E-state index is 0.169. The molecule has 1 saturated heterocycles. The molecule has 0 atom stereocenters. The maximum Gasteiger partial charge on any atom is 0.273 e. The van der Waals surface area contributed by atoms with Crippen molar-refractivity contribution in [1.29, 1.82) is 0 Å². The summed E-state index contributed by atoms with van der Waals surface area (Å²) < 4.78 is 2.26. The molecule has 0 aromatic heterocycles. The SMILES string of the molecule is CCCN(OCC)C(=O)C1=Cc2ccc(-c3cccc(SN4CC(CO)C4)c3)cc2N=C(N)C1. The third-order valence-corrected chi connectivity index (χ3v) is 6.81. The zero-order chi connectivity index (χ0) is 24.1. The zero-order valence-corrected chi connectivity index (χ0v) is 20.6. The van der Waals surface area contributed by atoms with Crippen molar-refractivity contribution in [3.05, 3.63) is 53.6 Å². The highest BCUT2D eigenvalue weighted by molar-refractivity contribution is 7.97. The summed E-state index contributed by atoms with van der Waals surface area (Å²) in [5.41, 5.74) is 10.5. The fourth-order valence-electron chi connectivity index (χ4n) is 4.05. The lowest BCUT2D eigenvalue weighted by Crippen LogP contribution is -2.43. The first-order valence-electron chi connectivity index (χ1n) is 11.8. The number of rotatable bonds is 9. The summed E-state index contributed by atoms with van der Waals surface area (Å²) in [5.74, 6) is 0.623. The van der Waals surface area contributed by atoms with Gasteiger partial charge in [0.2, 0.25) is 0 Å². The van der Waals surface area contributed by atoms with E-state index in [0.717, 1.165) is 46.8 Å². The average Bonchev–Trinajstić information content (AvgIpc) is 2.98. The predicted octanol–water partition coefficient (Wildman–Crippen LogP) is 4.25. The summed E-state index contributed by atoms with van der Waals surface area (Å²) in [7, 11) is 0. The molecule has 0 unspecified atom stereocenters. The van der Waals surface area contributed by atoms with Crippen LogP contribution in [0.2, 0.25) is 0 Å². The minimum atomic E-state index is -0.169. The molecule has 180 valence electrons. The van der Waals surface area contributed by atoms with Crippen LogP contribution in [-0.4, -0.2) is 59.1 Å². The number of benzene rings is 2. The molecule has 0 spiro atoms. The Labute approximate surface area is 205 Å². The van der Waals surface area contributed by atoms with E-state index in [2.05, 4.69) is 39.6 Å². The quantitative estimate of drug-likeness (QED) is 0.412. The Balaban J connectivity index is 1.57. The number of hydroxylamine groups is 2. The van der Waals surface area contributed by atoms with E-state index in [1.807, 2.05) is 32.1 Å². The lowest BCUT2D eigenvalue weighted by atomic mass is 10.0. The number of fused-ring (bicyclic) bond motifs is 1. The van der Waals surface area contributed by atoms with Crippen molar-refractivity contribution in [3.8, 4) is 11.1 Å². The molecule has 2 heterocycles. The molecular weight excluding hydrogens is 448 g/mol. The second kappa shape index (κ2) is 11.2. The number of aliphatic hydroxyl groups is 1. The van der Waals surface area contributed by atoms with Gasteiger partial charge in [0.05, 0.1) is 12.3 Å². The average molecular weight is 481 g/mol. The van der Waals surface area contributed by atoms with Gasteiger partial charge in [-0.15, -0.1) is 0 Å². The predicted molar refractivity (Wildman–Crippen MR) is 137 cm³/mol. The van der Waals surface area contributed by atoms with Crippen molar-refractivity contribution in [2.45, 2.75) is 31.6 Å². The Hall–Kier alpha value is -2.65. The standard InChI is InChI=1S/C26H32N4O3S/c1-3-10-30(33-4-2)26(32)22-11-21-9-8-20(13-24(21)28-25(27)14-22)19-6-5-7-23(12-19)34-29-15-18(16-29)17-31/h5-9,11-13,18,31H,3-4,10,14-17H2,1-2H3,(H2,27,28). The molecule has 0 aliphatic carbocycles. The van der Waals surface area contributed by atoms with Gasteiger partial charge in [-0.3, -0.25) is 9.63 Å². The first-order chi connectivity index (χ1) is 16.5. The lowest BCUT2D eigenvalue weighted by Gasteiger charge is -2.36. The maximum atomic E-state index is 13.1. The fourth-order valence-corrected chi connectivity index (χ4v) is 5.23. The number of nitrogens with two attached hydrogens (primary N) is 1. The second-order valence-electron chi connectivity index (χ2n) is 8.56. The molecule has 2 aliphatic heterocycles. The van der Waals surface area contributed by atoms with Gasteiger partial charge in [-0.2, -0.15) is 0 Å². The summed E-state index contributed by atoms with van der Waals surface area (Å²) in [6, 6.07) is 14.5. The van der Waals surface area contributed by atoms with Crippen LogP contribution < -0.4 is 5.73 Å². The van der Waals surface area contributed by atoms with Crippen LogP contribution in [-0.2, 0) is 9.63 Å². The van der Waals surface area contributed by atoms with Crippen molar-refractivity contribution < 1.29 is 14.7 Å². The van der Waals surface area contributed by atoms with Gasteiger partial charge in [0.1, 0.15) is 5.84 Å². The molecule has 4 rings (SSSR count). The number of aliphatic hydroxyl groups excluding tert-OH is 1. The third kappa shape index (κ3) is 5.70. The van der Waals surface area contributed by atoms with Crippen LogP contribution in [0.25, 0.3) is 17.2 Å². The first-order valence-corrected chi connectivity index (χ1v) is 12.5. The van der Waals surface area contributed by atoms with Gasteiger partial charge in [0.25, 0.3) is 5.91 Å². The van der Waals surface area contributed by atoms with Crippen molar-refractivity contribution >= 4 is 35.5 Å².